The molecule has 0 fully saturated rings. The number of aromatic nitrogens is 2. The molecule has 0 bridgehead atoms. The number of nitrogens with one attached hydrogen (secondary N) is 2. The lowest BCUT2D eigenvalue weighted by Crippen LogP contribution is -2.18. The van der Waals surface area contributed by atoms with Crippen LogP contribution in [0.1, 0.15) is 10.5 Å². The van der Waals surface area contributed by atoms with E-state index in [9.17, 15) is 9.59 Å². The molecule has 1 heterocycles. The van der Waals surface area contributed by atoms with Crippen LogP contribution in [0.5, 0.6) is 5.75 Å². The van der Waals surface area contributed by atoms with Crippen LogP contribution in [0.3, 0.4) is 0 Å². The number of nitrogens with zero attached hydrogens (tertiary/aromatic N) is 2. The third-order valence-corrected chi connectivity index (χ3v) is 2.34. The highest BCUT2D eigenvalue weighted by Crippen LogP contribution is 2.23. The predicted molar refractivity (Wildman–Crippen MR) is 70.4 cm³/mol. The lowest BCUT2D eigenvalue weighted by molar-refractivity contribution is 0.102. The minimum atomic E-state index is -0.491. The van der Waals surface area contributed by atoms with Crippen LogP contribution in [0.25, 0.3) is 0 Å². The fourth-order valence-electron chi connectivity index (χ4n) is 1.46. The van der Waals surface area contributed by atoms with Crippen LogP contribution in [-0.4, -0.2) is 22.7 Å². The van der Waals surface area contributed by atoms with Crippen molar-refractivity contribution in [3.05, 3.63) is 52.4 Å². The molecular weight excluding hydrogens is 260 g/mol. The van der Waals surface area contributed by atoms with E-state index in [1.807, 2.05) is 6.07 Å². The van der Waals surface area contributed by atoms with Gasteiger partial charge in [0.25, 0.3) is 11.5 Å². The van der Waals surface area contributed by atoms with Crippen molar-refractivity contribution in [1.82, 2.24) is 10.2 Å². The van der Waals surface area contributed by atoms with Crippen molar-refractivity contribution in [2.24, 2.45) is 0 Å². The van der Waals surface area contributed by atoms with Gasteiger partial charge in [-0.15, -0.1) is 0 Å². The summed E-state index contributed by atoms with van der Waals surface area (Å²) in [4.78, 5) is 22.8. The molecule has 20 heavy (non-hydrogen) atoms. The summed E-state index contributed by atoms with van der Waals surface area (Å²) in [6.07, 6.45) is 0. The molecule has 1 aromatic heterocycles. The summed E-state index contributed by atoms with van der Waals surface area (Å²) in [5, 5.41) is 16.9. The molecule has 2 aromatic rings. The quantitative estimate of drug-likeness (QED) is 0.859. The molecule has 1 amide bonds. The topological polar surface area (TPSA) is 108 Å². The van der Waals surface area contributed by atoms with Gasteiger partial charge in [0, 0.05) is 6.07 Å². The molecule has 0 aliphatic carbocycles. The van der Waals surface area contributed by atoms with Crippen molar-refractivity contribution in [1.29, 1.82) is 5.26 Å². The first kappa shape index (κ1) is 13.3. The maximum absolute atomic E-state index is 11.9. The number of H-pyrrole nitrogens is 1. The fraction of sp³-hybridized carbons (Fsp3) is 0.0769. The number of carbonyl (C=O) groups is 1. The molecule has 0 aliphatic heterocycles. The second-order valence-electron chi connectivity index (χ2n) is 3.70. The maximum atomic E-state index is 11.9. The van der Waals surface area contributed by atoms with Gasteiger partial charge in [-0.05, 0) is 18.2 Å². The van der Waals surface area contributed by atoms with Gasteiger partial charge in [-0.3, -0.25) is 9.59 Å². The first-order valence-electron chi connectivity index (χ1n) is 5.66. The Morgan fingerprint density at radius 3 is 2.85 bits per heavy atom. The third kappa shape index (κ3) is 3.20. The summed E-state index contributed by atoms with van der Waals surface area (Å²) >= 11 is 0. The molecule has 0 aliphatic rings. The molecule has 0 saturated carbocycles. The van der Waals surface area contributed by atoms with Gasteiger partial charge in [0.1, 0.15) is 17.5 Å². The second-order valence-corrected chi connectivity index (χ2v) is 3.70. The number of rotatable bonds is 4. The lowest BCUT2D eigenvalue weighted by atomic mass is 10.2. The minimum absolute atomic E-state index is 0.0692. The van der Waals surface area contributed by atoms with E-state index in [1.165, 1.54) is 12.1 Å². The molecule has 7 heteroatoms. The van der Waals surface area contributed by atoms with E-state index in [0.717, 1.165) is 0 Å². The number of benzene rings is 1. The summed E-state index contributed by atoms with van der Waals surface area (Å²) in [6, 6.07) is 11.1. The molecule has 0 unspecified atom stereocenters. The Bertz CT molecular complexity index is 698. The van der Waals surface area contributed by atoms with Crippen LogP contribution in [0.2, 0.25) is 0 Å². The zero-order chi connectivity index (χ0) is 14.4. The smallest absolute Gasteiger partial charge is 0.276 e. The van der Waals surface area contributed by atoms with Gasteiger partial charge in [0.05, 0.1) is 5.69 Å². The van der Waals surface area contributed by atoms with Crippen LogP contribution in [0.15, 0.2) is 41.2 Å². The normalized spacial score (nSPS) is 9.55. The number of anilines is 1. The first-order chi connectivity index (χ1) is 9.70. The van der Waals surface area contributed by atoms with Crippen molar-refractivity contribution in [3.8, 4) is 11.8 Å². The Labute approximate surface area is 113 Å². The van der Waals surface area contributed by atoms with Gasteiger partial charge in [0.15, 0.2) is 6.61 Å². The van der Waals surface area contributed by atoms with Gasteiger partial charge < -0.3 is 10.1 Å². The first-order valence-corrected chi connectivity index (χ1v) is 5.66. The van der Waals surface area contributed by atoms with E-state index in [2.05, 4.69) is 15.5 Å². The molecule has 1 aromatic carbocycles. The van der Waals surface area contributed by atoms with Gasteiger partial charge in [-0.1, -0.05) is 12.1 Å². The molecule has 2 N–H and O–H groups in total. The van der Waals surface area contributed by atoms with Crippen molar-refractivity contribution in [2.75, 3.05) is 11.9 Å². The Morgan fingerprint density at radius 1 is 1.35 bits per heavy atom. The van der Waals surface area contributed by atoms with Crippen molar-refractivity contribution in [2.45, 2.75) is 0 Å². The van der Waals surface area contributed by atoms with Crippen molar-refractivity contribution >= 4 is 11.6 Å². The van der Waals surface area contributed by atoms with E-state index in [-0.39, 0.29) is 17.9 Å². The van der Waals surface area contributed by atoms with Gasteiger partial charge in [0.2, 0.25) is 0 Å². The standard InChI is InChI=1S/C13H10N4O3/c14-7-8-20-11-4-2-1-3-9(11)15-13(19)10-5-6-12(18)17-16-10/h1-6H,8H2,(H,15,19)(H,17,18). The molecule has 0 spiro atoms. The number of aromatic amines is 1. The highest BCUT2D eigenvalue weighted by molar-refractivity contribution is 6.03. The minimum Gasteiger partial charge on any atom is -0.477 e. The number of carbonyl (C=O) groups excluding carboxylic acids is 1. The fourth-order valence-corrected chi connectivity index (χ4v) is 1.46. The number of hydrogen-bond acceptors (Lipinski definition) is 5. The van der Waals surface area contributed by atoms with Crippen LogP contribution in [0.4, 0.5) is 5.69 Å². The summed E-state index contributed by atoms with van der Waals surface area (Å²) < 4.78 is 5.19. The molecule has 100 valence electrons. The highest BCUT2D eigenvalue weighted by atomic mass is 16.5. The summed E-state index contributed by atoms with van der Waals surface area (Å²) in [5.74, 6) is -0.110. The Hall–Kier alpha value is -3.14. The zero-order valence-corrected chi connectivity index (χ0v) is 10.3. The van der Waals surface area contributed by atoms with Gasteiger partial charge in [-0.2, -0.15) is 10.4 Å². The molecule has 0 radical (unpaired) electrons. The summed E-state index contributed by atoms with van der Waals surface area (Å²) in [5.41, 5.74) is 0.0970. The van der Waals surface area contributed by atoms with E-state index >= 15 is 0 Å². The SMILES string of the molecule is N#CCOc1ccccc1NC(=O)c1ccc(=O)[nH]n1. The van der Waals surface area contributed by atoms with Crippen LogP contribution in [-0.2, 0) is 0 Å². The van der Waals surface area contributed by atoms with E-state index in [4.69, 9.17) is 10.00 Å². The number of para-hydroxylation sites is 2. The molecule has 0 atom stereocenters. The number of ether oxygens (including phenoxy) is 1. The predicted octanol–water partition coefficient (Wildman–Crippen LogP) is 0.925. The van der Waals surface area contributed by atoms with Crippen LogP contribution >= 0.6 is 0 Å². The molecular formula is C13H10N4O3. The second kappa shape index (κ2) is 6.15. The van der Waals surface area contributed by atoms with E-state index < -0.39 is 5.91 Å². The van der Waals surface area contributed by atoms with Gasteiger partial charge >= 0.3 is 0 Å². The number of hydrogen-bond donors (Lipinski definition) is 2. The molecule has 0 saturated heterocycles. The van der Waals surface area contributed by atoms with Crippen molar-refractivity contribution in [3.63, 3.8) is 0 Å². The van der Waals surface area contributed by atoms with E-state index in [1.54, 1.807) is 24.3 Å². The maximum Gasteiger partial charge on any atom is 0.276 e. The summed E-state index contributed by atoms with van der Waals surface area (Å²) in [6.45, 7) is -0.121. The average Bonchev–Trinajstić information content (AvgIpc) is 2.47. The lowest BCUT2D eigenvalue weighted by Gasteiger charge is -2.09. The van der Waals surface area contributed by atoms with E-state index in [0.29, 0.717) is 11.4 Å². The third-order valence-electron chi connectivity index (χ3n) is 2.34. The number of amides is 1. The largest absolute Gasteiger partial charge is 0.477 e. The molecule has 7 nitrogen and oxygen atoms in total. The van der Waals surface area contributed by atoms with Crippen LogP contribution in [0, 0.1) is 11.3 Å². The highest BCUT2D eigenvalue weighted by Gasteiger charge is 2.11. The van der Waals surface area contributed by atoms with Gasteiger partial charge in [-0.25, -0.2) is 5.10 Å². The Morgan fingerprint density at radius 2 is 2.15 bits per heavy atom. The Balaban J connectivity index is 2.17. The zero-order valence-electron chi connectivity index (χ0n) is 10.3. The monoisotopic (exact) mass is 270 g/mol. The Kier molecular flexibility index (Phi) is 4.09. The molecule has 2 rings (SSSR count). The van der Waals surface area contributed by atoms with Crippen LogP contribution < -0.4 is 15.6 Å². The van der Waals surface area contributed by atoms with Crippen molar-refractivity contribution < 1.29 is 9.53 Å². The number of nitriles is 1. The summed E-state index contributed by atoms with van der Waals surface area (Å²) in [7, 11) is 0. The average molecular weight is 270 g/mol.